The van der Waals surface area contributed by atoms with Crippen molar-refractivity contribution in [3.05, 3.63) is 110 Å². The molecule has 6 heterocycles. The van der Waals surface area contributed by atoms with Crippen LogP contribution in [-0.2, 0) is 19.3 Å². The number of anilines is 1. The molecule has 0 spiro atoms. The van der Waals surface area contributed by atoms with Crippen molar-refractivity contribution >= 4 is 33.1 Å². The predicted octanol–water partition coefficient (Wildman–Crippen LogP) is 7.96. The first-order valence-corrected chi connectivity index (χ1v) is 17.9. The van der Waals surface area contributed by atoms with Crippen LogP contribution in [0.4, 0.5) is 19.0 Å². The third kappa shape index (κ3) is 5.35. The van der Waals surface area contributed by atoms with Gasteiger partial charge in [0.1, 0.15) is 23.1 Å². The summed E-state index contributed by atoms with van der Waals surface area (Å²) in [7, 11) is 1.63. The number of ether oxygens (including phenoxy) is 1. The first-order chi connectivity index (χ1) is 25.3. The lowest BCUT2D eigenvalue weighted by Crippen LogP contribution is -2.22. The highest BCUT2D eigenvalue weighted by Gasteiger charge is 2.45. The number of H-pyrrole nitrogens is 1. The van der Waals surface area contributed by atoms with Crippen LogP contribution in [0.3, 0.4) is 0 Å². The van der Waals surface area contributed by atoms with E-state index in [9.17, 15) is 22.8 Å². The van der Waals surface area contributed by atoms with E-state index in [1.54, 1.807) is 25.3 Å². The number of hydrogen-bond acceptors (Lipinski definition) is 9. The molecule has 9 rings (SSSR count). The van der Waals surface area contributed by atoms with Gasteiger partial charge in [0.05, 0.1) is 46.4 Å². The average molecular weight is 725 g/mol. The maximum atomic E-state index is 14.4. The summed E-state index contributed by atoms with van der Waals surface area (Å²) in [5, 5.41) is 10.5. The van der Waals surface area contributed by atoms with E-state index in [4.69, 9.17) is 14.1 Å². The molecule has 1 aliphatic carbocycles. The van der Waals surface area contributed by atoms with Crippen molar-refractivity contribution in [2.24, 2.45) is 0 Å². The van der Waals surface area contributed by atoms with E-state index in [-0.39, 0.29) is 35.4 Å². The third-order valence-corrected chi connectivity index (χ3v) is 11.5. The van der Waals surface area contributed by atoms with Crippen LogP contribution in [-0.4, -0.2) is 44.6 Å². The largest absolute Gasteiger partial charge is 0.496 e. The number of alkyl halides is 2. The molecule has 14 heteroatoms. The highest BCUT2D eigenvalue weighted by Crippen LogP contribution is 2.51. The van der Waals surface area contributed by atoms with E-state index < -0.39 is 12.2 Å². The molecule has 0 radical (unpaired) electrons. The Hall–Kier alpha value is -5.50. The first-order valence-electron chi connectivity index (χ1n) is 17.1. The van der Waals surface area contributed by atoms with Gasteiger partial charge in [0, 0.05) is 17.0 Å². The van der Waals surface area contributed by atoms with E-state index in [2.05, 4.69) is 20.5 Å². The van der Waals surface area contributed by atoms with Crippen LogP contribution >= 0.6 is 11.3 Å². The van der Waals surface area contributed by atoms with Crippen LogP contribution in [0.2, 0.25) is 0 Å². The fourth-order valence-corrected chi connectivity index (χ4v) is 9.14. The second-order valence-corrected chi connectivity index (χ2v) is 14.3. The minimum atomic E-state index is -2.82. The number of carbonyl (C=O) groups excluding carboxylic acids is 1. The molecule has 3 aliphatic rings. The number of hydrogen-bond donors (Lipinski definition) is 2. The highest BCUT2D eigenvalue weighted by atomic mass is 32.1. The molecule has 6 aromatic rings. The lowest BCUT2D eigenvalue weighted by atomic mass is 9.93. The van der Waals surface area contributed by atoms with Crippen molar-refractivity contribution in [2.45, 2.75) is 57.0 Å². The topological polar surface area (TPSA) is 126 Å². The predicted molar refractivity (Wildman–Crippen MR) is 188 cm³/mol. The van der Waals surface area contributed by atoms with Crippen LogP contribution in [0, 0.1) is 5.82 Å². The van der Waals surface area contributed by atoms with Gasteiger partial charge in [-0.1, -0.05) is 24.3 Å². The molecule has 2 N–H and O–H groups in total. The van der Waals surface area contributed by atoms with Crippen molar-refractivity contribution in [3.63, 3.8) is 0 Å². The Morgan fingerprint density at radius 1 is 1.06 bits per heavy atom. The fourth-order valence-electron chi connectivity index (χ4n) is 7.99. The van der Waals surface area contributed by atoms with Crippen LogP contribution in [0.15, 0.2) is 63.8 Å². The highest BCUT2D eigenvalue weighted by molar-refractivity contribution is 7.23. The Bertz CT molecular complexity index is 2440. The molecule has 0 unspecified atom stereocenters. The zero-order chi connectivity index (χ0) is 35.7. The molecule has 1 fully saturated rings. The number of thiophene rings is 1. The summed E-state index contributed by atoms with van der Waals surface area (Å²) in [6, 6.07) is 14.8. The summed E-state index contributed by atoms with van der Waals surface area (Å²) in [6.45, 7) is 0.576. The number of halogens is 3. The zero-order valence-corrected chi connectivity index (χ0v) is 28.7. The second-order valence-electron chi connectivity index (χ2n) is 13.3. The molecule has 1 amide bonds. The standard InChI is InChI=1S/C38H31F3N6O4S/c1-50-27-6-2-4-21-22(27)12-14-23(21)43-35-33-19(16-25(44-35)34(40)41)17-28(52-33)30-29(36-45-46-38(49)51-36)24(13-9-18-7-10-20(39)11-8-18)42-32-26-5-3-15-47(26)37(48)31(30)32/h2,4,6-8,10-11,16-17,23,26,34H,3,5,9,12-15H2,1H3,(H,43,44)(H,46,49)/t23-,26+/m1/s1. The van der Waals surface area contributed by atoms with Gasteiger partial charge in [-0.25, -0.2) is 28.0 Å². The molecule has 264 valence electrons. The van der Waals surface area contributed by atoms with Gasteiger partial charge in [0.15, 0.2) is 0 Å². The summed E-state index contributed by atoms with van der Waals surface area (Å²) >= 11 is 1.31. The average Bonchev–Trinajstić information content (AvgIpc) is 3.98. The zero-order valence-electron chi connectivity index (χ0n) is 27.8. The van der Waals surface area contributed by atoms with E-state index in [1.165, 1.54) is 29.5 Å². The third-order valence-electron chi connectivity index (χ3n) is 10.3. The van der Waals surface area contributed by atoms with Gasteiger partial charge in [0.2, 0.25) is 0 Å². The number of benzene rings is 2. The molecule has 2 aromatic carbocycles. The van der Waals surface area contributed by atoms with Gasteiger partial charge in [-0.15, -0.1) is 16.4 Å². The van der Waals surface area contributed by atoms with Crippen LogP contribution in [0.1, 0.15) is 81.9 Å². The van der Waals surface area contributed by atoms with Gasteiger partial charge < -0.3 is 19.4 Å². The fraction of sp³-hybridized carbons (Fsp3) is 0.289. The SMILES string of the molecule is COc1cccc2c1CC[C@H]2Nc1nc(C(F)F)cc2cc(-c3c4c(nc(CCc5ccc(F)cc5)c3-c3n[nH]c(=O)o3)[C@@H]3CCCN3C4=O)sc12. The summed E-state index contributed by atoms with van der Waals surface area (Å²) in [5.41, 5.74) is 5.00. The molecule has 1 saturated heterocycles. The Balaban J connectivity index is 1.24. The number of aromatic nitrogens is 4. The maximum Gasteiger partial charge on any atom is 0.434 e. The van der Waals surface area contributed by atoms with E-state index >= 15 is 0 Å². The Morgan fingerprint density at radius 3 is 2.67 bits per heavy atom. The molecule has 10 nitrogen and oxygen atoms in total. The lowest BCUT2D eigenvalue weighted by molar-refractivity contribution is 0.0776. The normalized spacial score (nSPS) is 17.6. The molecule has 4 aromatic heterocycles. The van der Waals surface area contributed by atoms with Gasteiger partial charge in [-0.2, -0.15) is 0 Å². The first kappa shape index (κ1) is 32.4. The number of nitrogens with zero attached hydrogens (tertiary/aromatic N) is 4. The minimum Gasteiger partial charge on any atom is -0.496 e. The van der Waals surface area contributed by atoms with E-state index in [0.29, 0.717) is 68.2 Å². The summed E-state index contributed by atoms with van der Waals surface area (Å²) in [6.07, 6.45) is 1.07. The van der Waals surface area contributed by atoms with Crippen LogP contribution in [0.5, 0.6) is 5.75 Å². The number of pyridine rings is 2. The van der Waals surface area contributed by atoms with Crippen LogP contribution < -0.4 is 15.8 Å². The van der Waals surface area contributed by atoms with Gasteiger partial charge in [-0.05, 0) is 90.9 Å². The Labute approximate surface area is 298 Å². The molecular weight excluding hydrogens is 694 g/mol. The van der Waals surface area contributed by atoms with E-state index in [0.717, 1.165) is 48.1 Å². The molecule has 0 bridgehead atoms. The smallest absolute Gasteiger partial charge is 0.434 e. The number of fused-ring (bicyclic) bond motifs is 5. The minimum absolute atomic E-state index is 0.0389. The van der Waals surface area contributed by atoms with Crippen molar-refractivity contribution in [3.8, 4) is 27.6 Å². The molecule has 2 aliphatic heterocycles. The summed E-state index contributed by atoms with van der Waals surface area (Å²) in [5.74, 6) is -0.262. The summed E-state index contributed by atoms with van der Waals surface area (Å²) < 4.78 is 54.2. The van der Waals surface area contributed by atoms with Crippen molar-refractivity contribution in [1.82, 2.24) is 25.1 Å². The van der Waals surface area contributed by atoms with Gasteiger partial charge in [0.25, 0.3) is 18.2 Å². The quantitative estimate of drug-likeness (QED) is 0.154. The van der Waals surface area contributed by atoms with Crippen molar-refractivity contribution in [1.29, 1.82) is 0 Å². The molecular formula is C38H31F3N6O4S. The molecule has 52 heavy (non-hydrogen) atoms. The molecule has 0 saturated carbocycles. The number of aromatic amines is 1. The van der Waals surface area contributed by atoms with Gasteiger partial charge in [-0.3, -0.25) is 9.78 Å². The van der Waals surface area contributed by atoms with Crippen molar-refractivity contribution < 1.29 is 27.1 Å². The Morgan fingerprint density at radius 2 is 1.90 bits per heavy atom. The number of rotatable bonds is 9. The van der Waals surface area contributed by atoms with Crippen molar-refractivity contribution in [2.75, 3.05) is 19.0 Å². The monoisotopic (exact) mass is 724 g/mol. The maximum absolute atomic E-state index is 14.4. The second kappa shape index (κ2) is 12.6. The number of nitrogens with one attached hydrogen (secondary N) is 2. The number of carbonyl (C=O) groups is 1. The van der Waals surface area contributed by atoms with E-state index in [1.807, 2.05) is 23.1 Å². The molecule has 2 atom stereocenters. The number of amides is 1. The number of aryl methyl sites for hydroxylation is 2. The lowest BCUT2D eigenvalue weighted by Gasteiger charge is -2.17. The summed E-state index contributed by atoms with van der Waals surface area (Å²) in [4.78, 5) is 38.5. The number of methoxy groups -OCH3 is 1. The van der Waals surface area contributed by atoms with Crippen LogP contribution in [0.25, 0.3) is 32.0 Å². The van der Waals surface area contributed by atoms with Gasteiger partial charge >= 0.3 is 5.76 Å². The Kier molecular flexibility index (Phi) is 7.86.